The minimum atomic E-state index is -0.741. The first kappa shape index (κ1) is 30.3. The van der Waals surface area contributed by atoms with Crippen LogP contribution in [0.2, 0.25) is 0 Å². The van der Waals surface area contributed by atoms with Gasteiger partial charge in [0.1, 0.15) is 11.4 Å². The number of nitrogens with zero attached hydrogens (tertiary/aromatic N) is 2. The van der Waals surface area contributed by atoms with Crippen LogP contribution in [0.15, 0.2) is 48.9 Å². The van der Waals surface area contributed by atoms with Gasteiger partial charge in [0.15, 0.2) is 0 Å². The van der Waals surface area contributed by atoms with E-state index in [2.05, 4.69) is 39.7 Å². The van der Waals surface area contributed by atoms with E-state index in [1.807, 2.05) is 0 Å². The van der Waals surface area contributed by atoms with E-state index in [0.717, 1.165) is 24.3 Å². The van der Waals surface area contributed by atoms with Gasteiger partial charge in [-0.2, -0.15) is 0 Å². The van der Waals surface area contributed by atoms with Gasteiger partial charge in [0.25, 0.3) is 35.4 Å². The number of imide groups is 2. The lowest BCUT2D eigenvalue weighted by Crippen LogP contribution is -2.43. The quantitative estimate of drug-likeness (QED) is 0.0796. The second kappa shape index (κ2) is 14.1. The Morgan fingerprint density at radius 1 is 0.641 bits per heavy atom. The lowest BCUT2D eigenvalue weighted by Gasteiger charge is -2.17. The highest BCUT2D eigenvalue weighted by Gasteiger charge is 2.30. The summed E-state index contributed by atoms with van der Waals surface area (Å²) < 4.78 is 0. The molecule has 2 rings (SSSR count). The lowest BCUT2D eigenvalue weighted by atomic mass is 10.1. The van der Waals surface area contributed by atoms with E-state index in [-0.39, 0.29) is 50.4 Å². The number of carbonyl (C=O) groups is 8. The van der Waals surface area contributed by atoms with Crippen molar-refractivity contribution < 1.29 is 38.4 Å². The van der Waals surface area contributed by atoms with Crippen LogP contribution in [0.4, 0.5) is 0 Å². The molecule has 0 unspecified atom stereocenters. The maximum Gasteiger partial charge on any atom is 0.267 e. The van der Waals surface area contributed by atoms with Crippen molar-refractivity contribution in [2.75, 3.05) is 33.2 Å². The van der Waals surface area contributed by atoms with Crippen LogP contribution in [0, 0.1) is 0 Å². The van der Waals surface area contributed by atoms with Crippen molar-refractivity contribution in [1.29, 1.82) is 0 Å². The van der Waals surface area contributed by atoms with Crippen molar-refractivity contribution in [3.8, 4) is 0 Å². The molecule has 0 fully saturated rings. The molecule has 5 N–H and O–H groups in total. The summed E-state index contributed by atoms with van der Waals surface area (Å²) in [7, 11) is 1.58. The zero-order chi connectivity index (χ0) is 29.1. The van der Waals surface area contributed by atoms with Gasteiger partial charge in [-0.3, -0.25) is 38.4 Å². The number of carbonyl (C=O) groups excluding carboxylic acids is 8. The van der Waals surface area contributed by atoms with Crippen molar-refractivity contribution in [3.63, 3.8) is 0 Å². The molecule has 2 aliphatic rings. The van der Waals surface area contributed by atoms with Gasteiger partial charge in [-0.25, -0.2) is 9.80 Å². The second-order valence-corrected chi connectivity index (χ2v) is 8.19. The van der Waals surface area contributed by atoms with Crippen LogP contribution in [0.1, 0.15) is 12.8 Å². The maximum atomic E-state index is 12.2. The molecule has 0 spiro atoms. The summed E-state index contributed by atoms with van der Waals surface area (Å²) in [5.41, 5.74) is -0.664. The second-order valence-electron chi connectivity index (χ2n) is 8.19. The van der Waals surface area contributed by atoms with Gasteiger partial charge in [-0.1, -0.05) is 13.2 Å². The first-order valence-electron chi connectivity index (χ1n) is 11.7. The Balaban J connectivity index is 1.61. The number of hydrogen-bond donors (Lipinski definition) is 5. The van der Waals surface area contributed by atoms with Gasteiger partial charge < -0.3 is 26.6 Å². The van der Waals surface area contributed by atoms with Gasteiger partial charge in [0.05, 0.1) is 0 Å². The van der Waals surface area contributed by atoms with Crippen LogP contribution in [0.25, 0.3) is 0 Å². The summed E-state index contributed by atoms with van der Waals surface area (Å²) in [5.74, 6) is -4.95. The maximum absolute atomic E-state index is 12.2. The number of hydrogen-bond acceptors (Lipinski definition) is 9. The van der Waals surface area contributed by atoms with Crippen molar-refractivity contribution in [2.45, 2.75) is 18.9 Å². The molecule has 0 aromatic rings. The van der Waals surface area contributed by atoms with Crippen LogP contribution in [0.3, 0.4) is 0 Å². The van der Waals surface area contributed by atoms with E-state index in [1.165, 1.54) is 0 Å². The minimum absolute atomic E-state index is 0.00663. The average Bonchev–Trinajstić information content (AvgIpc) is 3.41. The highest BCUT2D eigenvalue weighted by Crippen LogP contribution is 2.11. The van der Waals surface area contributed by atoms with Crippen molar-refractivity contribution >= 4 is 47.3 Å². The number of amides is 8. The lowest BCUT2D eigenvalue weighted by molar-refractivity contribution is -0.138. The van der Waals surface area contributed by atoms with Crippen molar-refractivity contribution in [2.24, 2.45) is 0 Å². The zero-order valence-electron chi connectivity index (χ0n) is 21.2. The SMILES string of the molecule is C=C(C(=O)NCCNC(=O)CC(CC(=O)NCCNC(=O)C(=C)N1C(=O)C=CC1=O)NC)N1C(=O)C=CC1=O. The normalized spacial score (nSPS) is 14.2. The van der Waals surface area contributed by atoms with Crippen LogP contribution in [-0.4, -0.2) is 96.3 Å². The molecule has 0 saturated carbocycles. The summed E-state index contributed by atoms with van der Waals surface area (Å²) in [6, 6.07) is -0.506. The summed E-state index contributed by atoms with van der Waals surface area (Å²) in [6.07, 6.45) is 4.01. The topological polar surface area (TPSA) is 203 Å². The monoisotopic (exact) mass is 543 g/mol. The molecule has 0 saturated heterocycles. The molecule has 0 radical (unpaired) electrons. The fourth-order valence-corrected chi connectivity index (χ4v) is 3.36. The van der Waals surface area contributed by atoms with Crippen LogP contribution < -0.4 is 26.6 Å². The molecule has 8 amide bonds. The predicted octanol–water partition coefficient (Wildman–Crippen LogP) is -3.30. The zero-order valence-corrected chi connectivity index (χ0v) is 21.2. The molecule has 15 heteroatoms. The molecule has 0 aliphatic carbocycles. The van der Waals surface area contributed by atoms with E-state index in [9.17, 15) is 38.4 Å². The molecule has 0 aromatic heterocycles. The van der Waals surface area contributed by atoms with Gasteiger partial charge >= 0.3 is 0 Å². The Kier molecular flexibility index (Phi) is 11.0. The summed E-state index contributed by atoms with van der Waals surface area (Å²) in [6.45, 7) is 7.00. The first-order valence-corrected chi connectivity index (χ1v) is 11.7. The number of nitrogens with one attached hydrogen (secondary N) is 5. The highest BCUT2D eigenvalue weighted by molar-refractivity contribution is 6.18. The smallest absolute Gasteiger partial charge is 0.267 e. The van der Waals surface area contributed by atoms with E-state index >= 15 is 0 Å². The predicted molar refractivity (Wildman–Crippen MR) is 134 cm³/mol. The third-order valence-electron chi connectivity index (χ3n) is 5.42. The molecular weight excluding hydrogens is 514 g/mol. The van der Waals surface area contributed by atoms with Crippen molar-refractivity contribution in [1.82, 2.24) is 36.4 Å². The van der Waals surface area contributed by atoms with Gasteiger partial charge in [-0.15, -0.1) is 0 Å². The largest absolute Gasteiger partial charge is 0.354 e. The standard InChI is InChI=1S/C24H29N7O8/c1-14(30-19(34)4-5-20(30)35)23(38)28-10-8-26-17(32)12-16(25-3)13-18(33)27-9-11-29-24(39)15(2)31-21(36)6-7-22(31)37/h4-7,16,25H,1-2,8-13H2,3H3,(H,26,32)(H,27,33)(H,28,38)(H,29,39). The Morgan fingerprint density at radius 2 is 0.949 bits per heavy atom. The van der Waals surface area contributed by atoms with Crippen LogP contribution in [0.5, 0.6) is 0 Å². The number of rotatable bonds is 15. The Hall–Kier alpha value is -4.92. The Bertz CT molecular complexity index is 1050. The van der Waals surface area contributed by atoms with Crippen molar-refractivity contribution in [3.05, 3.63) is 48.9 Å². The molecule has 39 heavy (non-hydrogen) atoms. The van der Waals surface area contributed by atoms with E-state index in [4.69, 9.17) is 0 Å². The first-order chi connectivity index (χ1) is 18.5. The van der Waals surface area contributed by atoms with E-state index in [0.29, 0.717) is 9.80 Å². The molecule has 2 aliphatic heterocycles. The summed E-state index contributed by atoms with van der Waals surface area (Å²) >= 11 is 0. The van der Waals surface area contributed by atoms with Gasteiger partial charge in [-0.05, 0) is 7.05 Å². The molecule has 2 heterocycles. The summed E-state index contributed by atoms with van der Waals surface area (Å²) in [4.78, 5) is 96.1. The fraction of sp³-hybridized carbons (Fsp3) is 0.333. The molecule has 208 valence electrons. The molecule has 15 nitrogen and oxygen atoms in total. The molecule has 0 aromatic carbocycles. The van der Waals surface area contributed by atoms with Crippen LogP contribution in [-0.2, 0) is 38.4 Å². The average molecular weight is 544 g/mol. The summed E-state index contributed by atoms with van der Waals surface area (Å²) in [5, 5.41) is 12.9. The minimum Gasteiger partial charge on any atom is -0.354 e. The van der Waals surface area contributed by atoms with Gasteiger partial charge in [0, 0.05) is 69.4 Å². The Labute approximate surface area is 223 Å². The van der Waals surface area contributed by atoms with Gasteiger partial charge in [0.2, 0.25) is 11.8 Å². The molecular formula is C24H29N7O8. The molecule has 0 atom stereocenters. The molecule has 0 bridgehead atoms. The fourth-order valence-electron chi connectivity index (χ4n) is 3.36. The van der Waals surface area contributed by atoms with Crippen LogP contribution >= 0.6 is 0 Å². The third kappa shape index (κ3) is 8.57. The van der Waals surface area contributed by atoms with E-state index < -0.39 is 53.3 Å². The Morgan fingerprint density at radius 3 is 1.26 bits per heavy atom. The van der Waals surface area contributed by atoms with E-state index in [1.54, 1.807) is 7.05 Å². The third-order valence-corrected chi connectivity index (χ3v) is 5.42. The highest BCUT2D eigenvalue weighted by atomic mass is 16.2.